The first-order valence-electron chi connectivity index (χ1n) is 7.89. The number of benzene rings is 1. The Morgan fingerprint density at radius 2 is 1.86 bits per heavy atom. The summed E-state index contributed by atoms with van der Waals surface area (Å²) < 4.78 is 5.16. The fourth-order valence-electron chi connectivity index (χ4n) is 3.17. The largest absolute Gasteiger partial charge is 0.497 e. The maximum atomic E-state index is 12.6. The van der Waals surface area contributed by atoms with Gasteiger partial charge in [-0.1, -0.05) is 45.1 Å². The lowest BCUT2D eigenvalue weighted by molar-refractivity contribution is -0.130. The van der Waals surface area contributed by atoms with Crippen LogP contribution in [0.4, 0.5) is 0 Å². The molecule has 0 spiro atoms. The van der Waals surface area contributed by atoms with Gasteiger partial charge in [0.2, 0.25) is 0 Å². The van der Waals surface area contributed by atoms with Crippen LogP contribution in [0.5, 0.6) is 5.75 Å². The van der Waals surface area contributed by atoms with Gasteiger partial charge in [-0.25, -0.2) is 0 Å². The van der Waals surface area contributed by atoms with Crippen molar-refractivity contribution in [3.8, 4) is 5.75 Å². The van der Waals surface area contributed by atoms with Crippen molar-refractivity contribution in [2.24, 2.45) is 23.7 Å². The summed E-state index contributed by atoms with van der Waals surface area (Å²) in [4.78, 5) is 12.6. The fraction of sp³-hybridized carbons (Fsp3) is 0.526. The summed E-state index contributed by atoms with van der Waals surface area (Å²) in [5.74, 6) is 2.46. The average molecular weight is 286 g/mol. The molecule has 1 aromatic carbocycles. The summed E-state index contributed by atoms with van der Waals surface area (Å²) in [5.41, 5.74) is 1.11. The quantitative estimate of drug-likeness (QED) is 0.809. The van der Waals surface area contributed by atoms with Gasteiger partial charge in [0.15, 0.2) is 0 Å². The Kier molecular flexibility index (Phi) is 5.22. The first-order valence-corrected chi connectivity index (χ1v) is 7.89. The van der Waals surface area contributed by atoms with Crippen LogP contribution in [-0.2, 0) is 4.79 Å². The van der Waals surface area contributed by atoms with Crippen molar-refractivity contribution in [2.75, 3.05) is 7.11 Å². The van der Waals surface area contributed by atoms with Gasteiger partial charge in [-0.05, 0) is 42.4 Å². The first-order chi connectivity index (χ1) is 10.0. The first kappa shape index (κ1) is 15.8. The number of methoxy groups -OCH3 is 1. The number of ether oxygens (including phenoxy) is 1. The van der Waals surface area contributed by atoms with Crippen molar-refractivity contribution in [2.45, 2.75) is 33.6 Å². The molecule has 0 N–H and O–H groups in total. The van der Waals surface area contributed by atoms with Crippen molar-refractivity contribution in [3.63, 3.8) is 0 Å². The summed E-state index contributed by atoms with van der Waals surface area (Å²) in [5, 5.41) is 0. The highest BCUT2D eigenvalue weighted by Crippen LogP contribution is 2.35. The lowest BCUT2D eigenvalue weighted by Crippen LogP contribution is -2.35. The molecule has 21 heavy (non-hydrogen) atoms. The van der Waals surface area contributed by atoms with Gasteiger partial charge in [0.05, 0.1) is 7.11 Å². The summed E-state index contributed by atoms with van der Waals surface area (Å²) in [6.45, 7) is 6.50. The minimum absolute atomic E-state index is 0.0632. The van der Waals surface area contributed by atoms with E-state index in [1.807, 2.05) is 24.3 Å². The monoisotopic (exact) mass is 286 g/mol. The Morgan fingerprint density at radius 3 is 2.43 bits per heavy atom. The van der Waals surface area contributed by atoms with Gasteiger partial charge in [0, 0.05) is 11.8 Å². The van der Waals surface area contributed by atoms with Gasteiger partial charge in [-0.3, -0.25) is 4.79 Å². The molecule has 0 amide bonds. The van der Waals surface area contributed by atoms with E-state index in [1.165, 1.54) is 0 Å². The van der Waals surface area contributed by atoms with Crippen LogP contribution in [0.25, 0.3) is 6.08 Å². The van der Waals surface area contributed by atoms with Crippen LogP contribution in [0.2, 0.25) is 0 Å². The highest BCUT2D eigenvalue weighted by molar-refractivity contribution is 5.87. The number of hydrogen-bond acceptors (Lipinski definition) is 2. The molecule has 0 heterocycles. The zero-order chi connectivity index (χ0) is 15.4. The van der Waals surface area contributed by atoms with Crippen molar-refractivity contribution in [1.29, 1.82) is 0 Å². The minimum Gasteiger partial charge on any atom is -0.497 e. The molecule has 1 aromatic rings. The number of ketones is 1. The van der Waals surface area contributed by atoms with Crippen LogP contribution in [0.3, 0.4) is 0 Å². The van der Waals surface area contributed by atoms with Gasteiger partial charge in [0.25, 0.3) is 0 Å². The molecule has 3 atom stereocenters. The van der Waals surface area contributed by atoms with Gasteiger partial charge in [-0.15, -0.1) is 0 Å². The highest BCUT2D eigenvalue weighted by atomic mass is 16.5. The summed E-state index contributed by atoms with van der Waals surface area (Å²) >= 11 is 0. The summed E-state index contributed by atoms with van der Waals surface area (Å²) in [6.07, 6.45) is 6.36. The van der Waals surface area contributed by atoms with Crippen LogP contribution < -0.4 is 4.74 Å². The minimum atomic E-state index is 0.0632. The van der Waals surface area contributed by atoms with E-state index >= 15 is 0 Å². The van der Waals surface area contributed by atoms with Gasteiger partial charge in [0.1, 0.15) is 11.5 Å². The molecule has 1 aliphatic carbocycles. The van der Waals surface area contributed by atoms with E-state index in [0.717, 1.165) is 24.2 Å². The third-order valence-corrected chi connectivity index (χ3v) is 4.66. The van der Waals surface area contributed by atoms with Crippen LogP contribution >= 0.6 is 0 Å². The van der Waals surface area contributed by atoms with E-state index < -0.39 is 0 Å². The predicted molar refractivity (Wildman–Crippen MR) is 87.3 cm³/mol. The zero-order valence-corrected chi connectivity index (χ0v) is 13.5. The molecule has 2 heteroatoms. The van der Waals surface area contributed by atoms with E-state index in [2.05, 4.69) is 32.9 Å². The van der Waals surface area contributed by atoms with Gasteiger partial charge >= 0.3 is 0 Å². The highest BCUT2D eigenvalue weighted by Gasteiger charge is 2.35. The molecule has 0 bridgehead atoms. The number of rotatable bonds is 4. The van der Waals surface area contributed by atoms with Crippen LogP contribution in [0.1, 0.15) is 39.2 Å². The maximum Gasteiger partial charge on any atom is 0.143 e. The molecule has 1 aliphatic rings. The Bertz CT molecular complexity index is 499. The number of carbonyl (C=O) groups is 1. The van der Waals surface area contributed by atoms with E-state index in [0.29, 0.717) is 17.6 Å². The molecule has 0 aliphatic heterocycles. The number of Topliss-reactive ketones (excluding diaryl/α,β-unsaturated/α-hetero) is 1. The van der Waals surface area contributed by atoms with Crippen LogP contribution in [0, 0.1) is 23.7 Å². The van der Waals surface area contributed by atoms with E-state index in [4.69, 9.17) is 4.74 Å². The lowest BCUT2D eigenvalue weighted by atomic mass is 9.70. The Balaban J connectivity index is 2.11. The smallest absolute Gasteiger partial charge is 0.143 e. The van der Waals surface area contributed by atoms with Crippen molar-refractivity contribution >= 4 is 11.9 Å². The van der Waals surface area contributed by atoms with Crippen molar-refractivity contribution < 1.29 is 9.53 Å². The normalized spacial score (nSPS) is 26.5. The van der Waals surface area contributed by atoms with Crippen LogP contribution in [-0.4, -0.2) is 12.9 Å². The number of carbonyl (C=O) groups excluding carboxylic acids is 1. The molecule has 0 saturated heterocycles. The molecule has 1 unspecified atom stereocenters. The molecular formula is C19H26O2. The number of allylic oxidation sites excluding steroid dienone is 1. The standard InChI is InChI=1S/C19H26O2/c1-13(2)17-11-5-14(3)18(19(17)20)12-8-15-6-9-16(21-4)10-7-15/h6-10,12-14,17-18H,5,11H2,1-4H3/b12-8+/t14-,17-,18?/m1/s1. The topological polar surface area (TPSA) is 26.3 Å². The second kappa shape index (κ2) is 6.93. The van der Waals surface area contributed by atoms with Gasteiger partial charge < -0.3 is 4.74 Å². The second-order valence-electron chi connectivity index (χ2n) is 6.47. The molecule has 114 valence electrons. The Hall–Kier alpha value is -1.57. The molecule has 0 aromatic heterocycles. The van der Waals surface area contributed by atoms with E-state index in [-0.39, 0.29) is 11.8 Å². The third kappa shape index (κ3) is 3.75. The SMILES string of the molecule is COc1ccc(/C=C/C2C(=O)[C@@H](C(C)C)CC[C@H]2C)cc1. The Labute approximate surface area is 128 Å². The molecule has 1 saturated carbocycles. The fourth-order valence-corrected chi connectivity index (χ4v) is 3.17. The third-order valence-electron chi connectivity index (χ3n) is 4.66. The van der Waals surface area contributed by atoms with Crippen LogP contribution in [0.15, 0.2) is 30.3 Å². The van der Waals surface area contributed by atoms with Crippen molar-refractivity contribution in [3.05, 3.63) is 35.9 Å². The molecule has 0 radical (unpaired) electrons. The average Bonchev–Trinajstić information content (AvgIpc) is 2.47. The second-order valence-corrected chi connectivity index (χ2v) is 6.47. The number of hydrogen-bond donors (Lipinski definition) is 0. The van der Waals surface area contributed by atoms with E-state index in [9.17, 15) is 4.79 Å². The lowest BCUT2D eigenvalue weighted by Gasteiger charge is -2.33. The molecule has 2 rings (SSSR count). The molecule has 1 fully saturated rings. The van der Waals surface area contributed by atoms with E-state index in [1.54, 1.807) is 7.11 Å². The molecule has 2 nitrogen and oxygen atoms in total. The summed E-state index contributed by atoms with van der Waals surface area (Å²) in [6, 6.07) is 7.94. The summed E-state index contributed by atoms with van der Waals surface area (Å²) in [7, 11) is 1.67. The van der Waals surface area contributed by atoms with Crippen molar-refractivity contribution in [1.82, 2.24) is 0 Å². The zero-order valence-electron chi connectivity index (χ0n) is 13.5. The van der Waals surface area contributed by atoms with Gasteiger partial charge in [-0.2, -0.15) is 0 Å². The molecular weight excluding hydrogens is 260 g/mol. The maximum absolute atomic E-state index is 12.6. The Morgan fingerprint density at radius 1 is 1.19 bits per heavy atom. The predicted octanol–water partition coefficient (Wildman–Crippen LogP) is 4.60.